The first-order valence-electron chi connectivity index (χ1n) is 9.79. The third-order valence-electron chi connectivity index (χ3n) is 5.15. The van der Waals surface area contributed by atoms with E-state index in [1.54, 1.807) is 0 Å². The summed E-state index contributed by atoms with van der Waals surface area (Å²) in [4.78, 5) is 0. The van der Waals surface area contributed by atoms with E-state index in [0.29, 0.717) is 5.92 Å². The van der Waals surface area contributed by atoms with Crippen LogP contribution in [0.15, 0.2) is 0 Å². The van der Waals surface area contributed by atoms with Crippen LogP contribution in [0.5, 0.6) is 0 Å². The van der Waals surface area contributed by atoms with Crippen molar-refractivity contribution in [2.24, 2.45) is 5.92 Å². The maximum atomic E-state index is 10.5. The van der Waals surface area contributed by atoms with Crippen LogP contribution in [-0.4, -0.2) is 10.7 Å². The molecule has 0 saturated heterocycles. The fourth-order valence-corrected chi connectivity index (χ4v) is 3.15. The van der Waals surface area contributed by atoms with Gasteiger partial charge in [0.2, 0.25) is 0 Å². The molecule has 0 aliphatic carbocycles. The molecule has 0 aromatic heterocycles. The molecule has 1 heteroatoms. The Balaban J connectivity index is 3.29. The van der Waals surface area contributed by atoms with Crippen molar-refractivity contribution < 1.29 is 5.11 Å². The molecule has 21 heavy (non-hydrogen) atoms. The minimum absolute atomic E-state index is 0.384. The molecule has 1 atom stereocenters. The lowest BCUT2D eigenvalue weighted by Crippen LogP contribution is -2.33. The molecular formula is C20H42O. The molecule has 0 radical (unpaired) electrons. The number of hydrogen-bond donors (Lipinski definition) is 1. The molecule has 1 N–H and O–H groups in total. The molecule has 0 aliphatic heterocycles. The van der Waals surface area contributed by atoms with Crippen LogP contribution in [0.1, 0.15) is 118 Å². The molecular weight excluding hydrogens is 256 g/mol. The van der Waals surface area contributed by atoms with Gasteiger partial charge in [-0.2, -0.15) is 0 Å². The zero-order valence-corrected chi connectivity index (χ0v) is 15.4. The highest BCUT2D eigenvalue weighted by atomic mass is 16.3. The van der Waals surface area contributed by atoms with Crippen LogP contribution in [-0.2, 0) is 0 Å². The van der Waals surface area contributed by atoms with Crippen LogP contribution >= 0.6 is 0 Å². The Morgan fingerprint density at radius 3 is 1.38 bits per heavy atom. The van der Waals surface area contributed by atoms with E-state index in [4.69, 9.17) is 0 Å². The molecule has 0 heterocycles. The average Bonchev–Trinajstić information content (AvgIpc) is 2.47. The first-order valence-corrected chi connectivity index (χ1v) is 9.79. The van der Waals surface area contributed by atoms with Crippen LogP contribution in [0.25, 0.3) is 0 Å². The Labute approximate surface area is 134 Å². The van der Waals surface area contributed by atoms with Crippen molar-refractivity contribution >= 4 is 0 Å². The molecule has 1 nitrogen and oxygen atoms in total. The zero-order chi connectivity index (χ0) is 16.0. The summed E-state index contributed by atoms with van der Waals surface area (Å²) in [6.07, 6.45) is 18.5. The molecule has 0 aromatic rings. The molecule has 1 unspecified atom stereocenters. The lowest BCUT2D eigenvalue weighted by molar-refractivity contribution is -0.0186. The Morgan fingerprint density at radius 2 is 1.05 bits per heavy atom. The summed E-state index contributed by atoms with van der Waals surface area (Å²) in [6, 6.07) is 0. The second-order valence-electron chi connectivity index (χ2n) is 7.25. The van der Waals surface area contributed by atoms with Gasteiger partial charge in [0.15, 0.2) is 0 Å². The average molecular weight is 299 g/mol. The monoisotopic (exact) mass is 298 g/mol. The van der Waals surface area contributed by atoms with Crippen molar-refractivity contribution in [2.75, 3.05) is 0 Å². The summed E-state index contributed by atoms with van der Waals surface area (Å²) < 4.78 is 0. The van der Waals surface area contributed by atoms with Gasteiger partial charge < -0.3 is 5.11 Å². The third kappa shape index (κ3) is 11.2. The van der Waals surface area contributed by atoms with Gasteiger partial charge in [0.05, 0.1) is 5.60 Å². The van der Waals surface area contributed by atoms with Crippen molar-refractivity contribution in [1.82, 2.24) is 0 Å². The standard InChI is InChI=1S/C20H42O/c1-5-7-8-9-10-11-12-13-14-15-16-17-18-20(21,6-2)19(3)4/h19,21H,5-18H2,1-4H3. The number of aliphatic hydroxyl groups is 1. The maximum absolute atomic E-state index is 10.5. The molecule has 0 amide bonds. The van der Waals surface area contributed by atoms with Crippen LogP contribution < -0.4 is 0 Å². The summed E-state index contributed by atoms with van der Waals surface area (Å²) >= 11 is 0. The van der Waals surface area contributed by atoms with Gasteiger partial charge in [-0.05, 0) is 18.8 Å². The minimum Gasteiger partial charge on any atom is -0.390 e. The van der Waals surface area contributed by atoms with Crippen LogP contribution in [0.2, 0.25) is 0 Å². The van der Waals surface area contributed by atoms with E-state index in [0.717, 1.165) is 12.8 Å². The van der Waals surface area contributed by atoms with E-state index >= 15 is 0 Å². The van der Waals surface area contributed by atoms with Crippen molar-refractivity contribution in [3.05, 3.63) is 0 Å². The van der Waals surface area contributed by atoms with E-state index < -0.39 is 5.60 Å². The molecule has 0 bridgehead atoms. The largest absolute Gasteiger partial charge is 0.390 e. The SMILES string of the molecule is CCCCCCCCCCCCCCC(O)(CC)C(C)C. The topological polar surface area (TPSA) is 20.2 Å². The normalized spacial score (nSPS) is 14.6. The predicted octanol–water partition coefficient (Wildman–Crippen LogP) is 6.87. The molecule has 0 saturated carbocycles. The number of hydrogen-bond acceptors (Lipinski definition) is 1. The van der Waals surface area contributed by atoms with Gasteiger partial charge in [0.25, 0.3) is 0 Å². The first kappa shape index (κ1) is 21.0. The number of unbranched alkanes of at least 4 members (excludes halogenated alkanes) is 11. The molecule has 0 spiro atoms. The van der Waals surface area contributed by atoms with Gasteiger partial charge in [0.1, 0.15) is 0 Å². The Hall–Kier alpha value is -0.0400. The van der Waals surface area contributed by atoms with Crippen molar-refractivity contribution in [3.63, 3.8) is 0 Å². The maximum Gasteiger partial charge on any atom is 0.0668 e. The highest BCUT2D eigenvalue weighted by molar-refractivity contribution is 4.79. The van der Waals surface area contributed by atoms with Crippen LogP contribution in [0.3, 0.4) is 0 Å². The third-order valence-corrected chi connectivity index (χ3v) is 5.15. The number of rotatable bonds is 15. The van der Waals surface area contributed by atoms with Crippen LogP contribution in [0, 0.1) is 5.92 Å². The van der Waals surface area contributed by atoms with E-state index in [9.17, 15) is 5.11 Å². The fraction of sp³-hybridized carbons (Fsp3) is 1.00. The Bertz CT molecular complexity index is 212. The molecule has 0 fully saturated rings. The smallest absolute Gasteiger partial charge is 0.0668 e. The predicted molar refractivity (Wildman–Crippen MR) is 95.8 cm³/mol. The Morgan fingerprint density at radius 1 is 0.667 bits per heavy atom. The van der Waals surface area contributed by atoms with E-state index in [1.807, 2.05) is 0 Å². The molecule has 0 aliphatic rings. The summed E-state index contributed by atoms with van der Waals surface area (Å²) in [7, 11) is 0. The van der Waals surface area contributed by atoms with E-state index in [-0.39, 0.29) is 0 Å². The summed E-state index contributed by atoms with van der Waals surface area (Å²) in [6.45, 7) is 8.68. The van der Waals surface area contributed by atoms with Gasteiger partial charge >= 0.3 is 0 Å². The van der Waals surface area contributed by atoms with Gasteiger partial charge in [0, 0.05) is 0 Å². The van der Waals surface area contributed by atoms with Gasteiger partial charge in [-0.25, -0.2) is 0 Å². The second-order valence-corrected chi connectivity index (χ2v) is 7.25. The van der Waals surface area contributed by atoms with Crippen LogP contribution in [0.4, 0.5) is 0 Å². The highest BCUT2D eigenvalue weighted by Crippen LogP contribution is 2.27. The lowest BCUT2D eigenvalue weighted by atomic mass is 9.83. The molecule has 0 rings (SSSR count). The van der Waals surface area contributed by atoms with Gasteiger partial charge in [-0.3, -0.25) is 0 Å². The van der Waals surface area contributed by atoms with Crippen molar-refractivity contribution in [3.8, 4) is 0 Å². The van der Waals surface area contributed by atoms with Gasteiger partial charge in [-0.1, -0.05) is 105 Å². The van der Waals surface area contributed by atoms with Gasteiger partial charge in [-0.15, -0.1) is 0 Å². The van der Waals surface area contributed by atoms with Crippen molar-refractivity contribution in [2.45, 2.75) is 123 Å². The minimum atomic E-state index is -0.418. The molecule has 0 aromatic carbocycles. The summed E-state index contributed by atoms with van der Waals surface area (Å²) in [5, 5.41) is 10.5. The summed E-state index contributed by atoms with van der Waals surface area (Å²) in [5.74, 6) is 0.384. The quantitative estimate of drug-likeness (QED) is 0.327. The lowest BCUT2D eigenvalue weighted by Gasteiger charge is -2.31. The first-order chi connectivity index (χ1) is 10.1. The van der Waals surface area contributed by atoms with Crippen molar-refractivity contribution in [1.29, 1.82) is 0 Å². The van der Waals surface area contributed by atoms with E-state index in [2.05, 4.69) is 27.7 Å². The zero-order valence-electron chi connectivity index (χ0n) is 15.4. The highest BCUT2D eigenvalue weighted by Gasteiger charge is 2.27. The fourth-order valence-electron chi connectivity index (χ4n) is 3.15. The van der Waals surface area contributed by atoms with E-state index in [1.165, 1.54) is 77.0 Å². The second kappa shape index (κ2) is 13.6. The summed E-state index contributed by atoms with van der Waals surface area (Å²) in [5.41, 5.74) is -0.418. The Kier molecular flexibility index (Phi) is 13.6. The molecule has 128 valence electrons.